The Morgan fingerprint density at radius 1 is 1.04 bits per heavy atom. The summed E-state index contributed by atoms with van der Waals surface area (Å²) >= 11 is 0. The first kappa shape index (κ1) is 18.8. The van der Waals surface area contributed by atoms with Crippen LogP contribution in [0.4, 0.5) is 14.5 Å². The summed E-state index contributed by atoms with van der Waals surface area (Å²) in [5.74, 6) is -1.55. The maximum absolute atomic E-state index is 13.5. The van der Waals surface area contributed by atoms with Crippen LogP contribution in [-0.2, 0) is 4.79 Å². The topological polar surface area (TPSA) is 61.4 Å². The van der Waals surface area contributed by atoms with Crippen molar-refractivity contribution < 1.29 is 18.4 Å². The summed E-state index contributed by atoms with van der Waals surface area (Å²) < 4.78 is 26.5. The molecule has 5 nitrogen and oxygen atoms in total. The molecule has 1 unspecified atom stereocenters. The largest absolute Gasteiger partial charge is 0.371 e. The lowest BCUT2D eigenvalue weighted by Gasteiger charge is -2.18. The van der Waals surface area contributed by atoms with Crippen molar-refractivity contribution in [3.05, 3.63) is 65.7 Å². The number of benzene rings is 2. The predicted octanol–water partition coefficient (Wildman–Crippen LogP) is 2.34. The third kappa shape index (κ3) is 5.03. The number of nitrogens with one attached hydrogen (secondary N) is 2. The first-order chi connectivity index (χ1) is 13.0. The average Bonchev–Trinajstić information content (AvgIpc) is 3.14. The normalized spacial score (nSPS) is 16.2. The molecule has 0 bridgehead atoms. The van der Waals surface area contributed by atoms with Gasteiger partial charge < -0.3 is 15.5 Å². The quantitative estimate of drug-likeness (QED) is 0.817. The summed E-state index contributed by atoms with van der Waals surface area (Å²) in [5.41, 5.74) is 0.874. The van der Waals surface area contributed by atoms with Crippen LogP contribution in [0.25, 0.3) is 0 Å². The van der Waals surface area contributed by atoms with E-state index in [2.05, 4.69) is 15.5 Å². The molecular weight excluding hydrogens is 352 g/mol. The standard InChI is InChI=1S/C20H21F2N3O2/c21-15-5-7-16(8-6-15)25-10-9-14(13-25)11-23-19(26)12-24-20(27)17-3-1-2-4-18(17)22/h1-8,14H,9-13H2,(H,23,26)(H,24,27). The van der Waals surface area contributed by atoms with E-state index in [1.165, 1.54) is 30.3 Å². The Morgan fingerprint density at radius 2 is 1.78 bits per heavy atom. The number of hydrogen-bond acceptors (Lipinski definition) is 3. The van der Waals surface area contributed by atoms with Gasteiger partial charge in [-0.25, -0.2) is 8.78 Å². The summed E-state index contributed by atoms with van der Waals surface area (Å²) in [5, 5.41) is 5.21. The lowest BCUT2D eigenvalue weighted by atomic mass is 10.1. The van der Waals surface area contributed by atoms with Crippen LogP contribution in [0.15, 0.2) is 48.5 Å². The van der Waals surface area contributed by atoms with Gasteiger partial charge in [-0.15, -0.1) is 0 Å². The van der Waals surface area contributed by atoms with Gasteiger partial charge in [0.05, 0.1) is 12.1 Å². The minimum atomic E-state index is -0.623. The summed E-state index contributed by atoms with van der Waals surface area (Å²) in [4.78, 5) is 26.0. The number of amides is 2. The molecule has 2 amide bonds. The first-order valence-electron chi connectivity index (χ1n) is 8.83. The van der Waals surface area contributed by atoms with Crippen LogP contribution in [-0.4, -0.2) is 38.0 Å². The van der Waals surface area contributed by atoms with Crippen molar-refractivity contribution in [2.75, 3.05) is 31.1 Å². The van der Waals surface area contributed by atoms with Crippen molar-refractivity contribution in [3.8, 4) is 0 Å². The van der Waals surface area contributed by atoms with E-state index in [1.54, 1.807) is 18.2 Å². The van der Waals surface area contributed by atoms with E-state index in [0.717, 1.165) is 25.2 Å². The van der Waals surface area contributed by atoms with E-state index in [1.807, 2.05) is 0 Å². The monoisotopic (exact) mass is 373 g/mol. The van der Waals surface area contributed by atoms with Gasteiger partial charge in [0.15, 0.2) is 0 Å². The number of anilines is 1. The van der Waals surface area contributed by atoms with Crippen molar-refractivity contribution >= 4 is 17.5 Å². The Morgan fingerprint density at radius 3 is 2.52 bits per heavy atom. The molecule has 0 aliphatic carbocycles. The van der Waals surface area contributed by atoms with Crippen molar-refractivity contribution in [2.45, 2.75) is 6.42 Å². The lowest BCUT2D eigenvalue weighted by Crippen LogP contribution is -2.39. The number of nitrogens with zero attached hydrogens (tertiary/aromatic N) is 1. The molecule has 1 saturated heterocycles. The fraction of sp³-hybridized carbons (Fsp3) is 0.300. The molecule has 1 aliphatic rings. The Kier molecular flexibility index (Phi) is 6.01. The second-order valence-electron chi connectivity index (χ2n) is 6.54. The summed E-state index contributed by atoms with van der Waals surface area (Å²) in [6, 6.07) is 12.0. The SMILES string of the molecule is O=C(CNC(=O)c1ccccc1F)NCC1CCN(c2ccc(F)cc2)C1. The Bertz CT molecular complexity index is 811. The molecular formula is C20H21F2N3O2. The molecule has 0 spiro atoms. The molecule has 7 heteroatoms. The third-order valence-corrected chi connectivity index (χ3v) is 4.59. The highest BCUT2D eigenvalue weighted by atomic mass is 19.1. The van der Waals surface area contributed by atoms with Gasteiger partial charge in [0.2, 0.25) is 5.91 Å². The second kappa shape index (κ2) is 8.62. The van der Waals surface area contributed by atoms with E-state index < -0.39 is 11.7 Å². The van der Waals surface area contributed by atoms with Gasteiger partial charge in [0.25, 0.3) is 5.91 Å². The molecule has 1 atom stereocenters. The minimum Gasteiger partial charge on any atom is -0.371 e. The van der Waals surface area contributed by atoms with Crippen LogP contribution < -0.4 is 15.5 Å². The highest BCUT2D eigenvalue weighted by Gasteiger charge is 2.23. The molecule has 0 aromatic heterocycles. The van der Waals surface area contributed by atoms with Crippen LogP contribution in [0, 0.1) is 17.6 Å². The average molecular weight is 373 g/mol. The van der Waals surface area contributed by atoms with Crippen LogP contribution in [0.2, 0.25) is 0 Å². The molecule has 3 rings (SSSR count). The molecule has 0 radical (unpaired) electrons. The maximum Gasteiger partial charge on any atom is 0.254 e. The number of rotatable bonds is 6. The second-order valence-corrected chi connectivity index (χ2v) is 6.54. The zero-order valence-corrected chi connectivity index (χ0v) is 14.8. The van der Waals surface area contributed by atoms with Crippen LogP contribution in [0.5, 0.6) is 0 Å². The van der Waals surface area contributed by atoms with Gasteiger partial charge in [0.1, 0.15) is 11.6 Å². The minimum absolute atomic E-state index is 0.0870. The van der Waals surface area contributed by atoms with Gasteiger partial charge >= 0.3 is 0 Å². The van der Waals surface area contributed by atoms with Crippen molar-refractivity contribution in [1.82, 2.24) is 10.6 Å². The summed E-state index contributed by atoms with van der Waals surface area (Å²) in [6.07, 6.45) is 0.916. The molecule has 1 heterocycles. The van der Waals surface area contributed by atoms with Crippen molar-refractivity contribution in [3.63, 3.8) is 0 Å². The predicted molar refractivity (Wildman–Crippen MR) is 98.5 cm³/mol. The highest BCUT2D eigenvalue weighted by molar-refractivity contribution is 5.96. The van der Waals surface area contributed by atoms with Gasteiger partial charge in [-0.05, 0) is 48.7 Å². The van der Waals surface area contributed by atoms with E-state index in [0.29, 0.717) is 6.54 Å². The molecule has 1 fully saturated rings. The van der Waals surface area contributed by atoms with Crippen LogP contribution in [0.1, 0.15) is 16.8 Å². The summed E-state index contributed by atoms with van der Waals surface area (Å²) in [6.45, 7) is 1.90. The van der Waals surface area contributed by atoms with Crippen molar-refractivity contribution in [2.24, 2.45) is 5.92 Å². The first-order valence-corrected chi connectivity index (χ1v) is 8.83. The number of carbonyl (C=O) groups excluding carboxylic acids is 2. The number of halogens is 2. The fourth-order valence-electron chi connectivity index (χ4n) is 3.11. The van der Waals surface area contributed by atoms with Crippen LogP contribution in [0.3, 0.4) is 0 Å². The maximum atomic E-state index is 13.5. The molecule has 1 aliphatic heterocycles. The molecule has 2 aromatic rings. The van der Waals surface area contributed by atoms with Gasteiger partial charge in [-0.1, -0.05) is 12.1 Å². The third-order valence-electron chi connectivity index (χ3n) is 4.59. The van der Waals surface area contributed by atoms with Gasteiger partial charge in [0, 0.05) is 25.3 Å². The Hall–Kier alpha value is -2.96. The highest BCUT2D eigenvalue weighted by Crippen LogP contribution is 2.23. The van der Waals surface area contributed by atoms with Gasteiger partial charge in [-0.2, -0.15) is 0 Å². The molecule has 142 valence electrons. The summed E-state index contributed by atoms with van der Waals surface area (Å²) in [7, 11) is 0. The molecule has 2 aromatic carbocycles. The number of carbonyl (C=O) groups is 2. The van der Waals surface area contributed by atoms with E-state index in [4.69, 9.17) is 0 Å². The van der Waals surface area contributed by atoms with Crippen LogP contribution >= 0.6 is 0 Å². The molecule has 27 heavy (non-hydrogen) atoms. The molecule has 2 N–H and O–H groups in total. The Balaban J connectivity index is 1.40. The zero-order valence-electron chi connectivity index (χ0n) is 14.8. The Labute approximate surface area is 156 Å². The lowest BCUT2D eigenvalue weighted by molar-refractivity contribution is -0.120. The van der Waals surface area contributed by atoms with E-state index >= 15 is 0 Å². The van der Waals surface area contributed by atoms with Gasteiger partial charge in [-0.3, -0.25) is 9.59 Å². The van der Waals surface area contributed by atoms with E-state index in [-0.39, 0.29) is 29.8 Å². The van der Waals surface area contributed by atoms with E-state index in [9.17, 15) is 18.4 Å². The number of hydrogen-bond donors (Lipinski definition) is 2. The van der Waals surface area contributed by atoms with Crippen molar-refractivity contribution in [1.29, 1.82) is 0 Å². The fourth-order valence-corrected chi connectivity index (χ4v) is 3.11. The molecule has 0 saturated carbocycles. The smallest absolute Gasteiger partial charge is 0.254 e. The zero-order chi connectivity index (χ0) is 19.2.